The van der Waals surface area contributed by atoms with Crippen LogP contribution < -0.4 is 14.8 Å². The quantitative estimate of drug-likeness (QED) is 0.813. The Hall–Kier alpha value is -2.24. The molecule has 0 radical (unpaired) electrons. The van der Waals surface area contributed by atoms with Gasteiger partial charge in [0.05, 0.1) is 12.3 Å². The number of carbonyl (C=O) groups is 1. The first-order chi connectivity index (χ1) is 12.2. The largest absolute Gasteiger partial charge is 0.494 e. The molecule has 0 aliphatic carbocycles. The van der Waals surface area contributed by atoms with E-state index in [0.717, 1.165) is 18.6 Å². The van der Waals surface area contributed by atoms with E-state index in [9.17, 15) is 4.79 Å². The van der Waals surface area contributed by atoms with Gasteiger partial charge in [-0.15, -0.1) is 0 Å². The van der Waals surface area contributed by atoms with Gasteiger partial charge in [0, 0.05) is 11.6 Å². The van der Waals surface area contributed by atoms with Crippen LogP contribution in [0.1, 0.15) is 19.8 Å². The highest BCUT2D eigenvalue weighted by molar-refractivity contribution is 6.31. The van der Waals surface area contributed by atoms with E-state index >= 15 is 0 Å². The lowest BCUT2D eigenvalue weighted by molar-refractivity contribution is -0.124. The number of benzene rings is 2. The lowest BCUT2D eigenvalue weighted by Crippen LogP contribution is -2.27. The maximum Gasteiger partial charge on any atom is 0.253 e. The van der Waals surface area contributed by atoms with Crippen LogP contribution in [0.25, 0.3) is 0 Å². The van der Waals surface area contributed by atoms with Gasteiger partial charge >= 0.3 is 0 Å². The summed E-state index contributed by atoms with van der Waals surface area (Å²) in [5.41, 5.74) is 0.516. The molecule has 3 rings (SSSR count). The van der Waals surface area contributed by atoms with Gasteiger partial charge in [-0.2, -0.15) is 0 Å². The van der Waals surface area contributed by atoms with Gasteiger partial charge in [0.2, 0.25) is 0 Å². The van der Waals surface area contributed by atoms with Gasteiger partial charge in [0.1, 0.15) is 17.6 Å². The van der Waals surface area contributed by atoms with Crippen LogP contribution in [0, 0.1) is 0 Å². The molecule has 25 heavy (non-hydrogen) atoms. The van der Waals surface area contributed by atoms with E-state index in [-0.39, 0.29) is 5.91 Å². The van der Waals surface area contributed by atoms with Crippen molar-refractivity contribution < 1.29 is 19.0 Å². The Labute approximate surface area is 151 Å². The van der Waals surface area contributed by atoms with Gasteiger partial charge in [-0.1, -0.05) is 11.6 Å². The average Bonchev–Trinajstić information content (AvgIpc) is 3.14. The molecule has 1 aliphatic rings. The van der Waals surface area contributed by atoms with Crippen molar-refractivity contribution in [3.05, 3.63) is 47.5 Å². The highest BCUT2D eigenvalue weighted by atomic mass is 35.5. The SMILES string of the molecule is CCOc1ccc(Oc2ccc(Cl)cc2NC(=O)C2CCCO2)cc1. The topological polar surface area (TPSA) is 56.8 Å². The molecule has 6 heteroatoms. The minimum Gasteiger partial charge on any atom is -0.494 e. The van der Waals surface area contributed by atoms with Crippen molar-refractivity contribution in [2.75, 3.05) is 18.5 Å². The molecule has 0 saturated carbocycles. The Morgan fingerprint density at radius 3 is 2.68 bits per heavy atom. The second kappa shape index (κ2) is 8.23. The molecule has 0 bridgehead atoms. The van der Waals surface area contributed by atoms with E-state index in [1.54, 1.807) is 18.2 Å². The van der Waals surface area contributed by atoms with Gasteiger partial charge in [0.25, 0.3) is 5.91 Å². The van der Waals surface area contributed by atoms with E-state index < -0.39 is 6.10 Å². The fourth-order valence-corrected chi connectivity index (χ4v) is 2.76. The summed E-state index contributed by atoms with van der Waals surface area (Å²) in [5.74, 6) is 1.74. The molecular weight excluding hydrogens is 342 g/mol. The van der Waals surface area contributed by atoms with Crippen LogP contribution in [-0.2, 0) is 9.53 Å². The molecule has 1 aliphatic heterocycles. The van der Waals surface area contributed by atoms with Crippen molar-refractivity contribution in [2.24, 2.45) is 0 Å². The zero-order valence-electron chi connectivity index (χ0n) is 14.0. The maximum atomic E-state index is 12.3. The molecule has 5 nitrogen and oxygen atoms in total. The lowest BCUT2D eigenvalue weighted by Gasteiger charge is -2.15. The molecule has 1 amide bonds. The molecule has 1 unspecified atom stereocenters. The van der Waals surface area contributed by atoms with E-state index in [1.807, 2.05) is 31.2 Å². The number of carbonyl (C=O) groups excluding carboxylic acids is 1. The van der Waals surface area contributed by atoms with Crippen molar-refractivity contribution in [3.63, 3.8) is 0 Å². The third-order valence-corrected chi connectivity index (χ3v) is 4.02. The molecule has 1 heterocycles. The highest BCUT2D eigenvalue weighted by Gasteiger charge is 2.24. The normalized spacial score (nSPS) is 16.5. The van der Waals surface area contributed by atoms with Crippen LogP contribution >= 0.6 is 11.6 Å². The van der Waals surface area contributed by atoms with Gasteiger partial charge < -0.3 is 19.5 Å². The molecule has 1 saturated heterocycles. The second-order valence-electron chi connectivity index (χ2n) is 5.64. The van der Waals surface area contributed by atoms with Crippen LogP contribution in [0.15, 0.2) is 42.5 Å². The number of ether oxygens (including phenoxy) is 3. The molecule has 1 atom stereocenters. The predicted octanol–water partition coefficient (Wildman–Crippen LogP) is 4.65. The summed E-state index contributed by atoms with van der Waals surface area (Å²) in [5, 5.41) is 3.36. The van der Waals surface area contributed by atoms with Crippen molar-refractivity contribution >= 4 is 23.2 Å². The molecule has 0 aromatic heterocycles. The number of halogens is 1. The summed E-state index contributed by atoms with van der Waals surface area (Å²) in [6, 6.07) is 12.4. The van der Waals surface area contributed by atoms with Gasteiger partial charge in [0.15, 0.2) is 5.75 Å². The maximum absolute atomic E-state index is 12.3. The van der Waals surface area contributed by atoms with E-state index in [0.29, 0.717) is 35.4 Å². The first kappa shape index (κ1) is 17.6. The smallest absolute Gasteiger partial charge is 0.253 e. The first-order valence-corrected chi connectivity index (χ1v) is 8.66. The van der Waals surface area contributed by atoms with Crippen molar-refractivity contribution in [1.82, 2.24) is 0 Å². The molecule has 2 aromatic rings. The molecule has 2 aromatic carbocycles. The highest BCUT2D eigenvalue weighted by Crippen LogP contribution is 2.33. The Balaban J connectivity index is 1.75. The van der Waals surface area contributed by atoms with Gasteiger partial charge in [-0.3, -0.25) is 4.79 Å². The average molecular weight is 362 g/mol. The van der Waals surface area contributed by atoms with Crippen LogP contribution in [-0.4, -0.2) is 25.2 Å². The molecule has 132 valence electrons. The number of anilines is 1. The Bertz CT molecular complexity index is 727. The monoisotopic (exact) mass is 361 g/mol. The van der Waals surface area contributed by atoms with Gasteiger partial charge in [-0.05, 0) is 62.2 Å². The molecule has 1 fully saturated rings. The van der Waals surface area contributed by atoms with E-state index in [4.69, 9.17) is 25.8 Å². The van der Waals surface area contributed by atoms with Crippen molar-refractivity contribution in [3.8, 4) is 17.2 Å². The van der Waals surface area contributed by atoms with Crippen LogP contribution in [0.4, 0.5) is 5.69 Å². The lowest BCUT2D eigenvalue weighted by atomic mass is 10.2. The zero-order chi connectivity index (χ0) is 17.6. The van der Waals surface area contributed by atoms with Gasteiger partial charge in [-0.25, -0.2) is 0 Å². The fraction of sp³-hybridized carbons (Fsp3) is 0.316. The predicted molar refractivity (Wildman–Crippen MR) is 96.7 cm³/mol. The number of nitrogens with one attached hydrogen (secondary N) is 1. The summed E-state index contributed by atoms with van der Waals surface area (Å²) < 4.78 is 16.7. The summed E-state index contributed by atoms with van der Waals surface area (Å²) in [6.07, 6.45) is 1.20. The Morgan fingerprint density at radius 2 is 2.00 bits per heavy atom. The second-order valence-corrected chi connectivity index (χ2v) is 6.07. The minimum atomic E-state index is -0.419. The number of rotatable bonds is 6. The Kier molecular flexibility index (Phi) is 5.79. The Morgan fingerprint density at radius 1 is 1.24 bits per heavy atom. The van der Waals surface area contributed by atoms with Crippen molar-refractivity contribution in [1.29, 1.82) is 0 Å². The summed E-state index contributed by atoms with van der Waals surface area (Å²) >= 11 is 6.06. The van der Waals surface area contributed by atoms with Crippen LogP contribution in [0.5, 0.6) is 17.2 Å². The third-order valence-electron chi connectivity index (χ3n) is 3.78. The minimum absolute atomic E-state index is 0.184. The number of hydrogen-bond acceptors (Lipinski definition) is 4. The fourth-order valence-electron chi connectivity index (χ4n) is 2.58. The summed E-state index contributed by atoms with van der Waals surface area (Å²) in [7, 11) is 0. The molecule has 0 spiro atoms. The first-order valence-electron chi connectivity index (χ1n) is 8.28. The number of hydrogen-bond donors (Lipinski definition) is 1. The summed E-state index contributed by atoms with van der Waals surface area (Å²) in [4.78, 5) is 12.3. The molecular formula is C19H20ClNO4. The van der Waals surface area contributed by atoms with E-state index in [1.165, 1.54) is 0 Å². The van der Waals surface area contributed by atoms with Crippen molar-refractivity contribution in [2.45, 2.75) is 25.9 Å². The standard InChI is InChI=1S/C19H20ClNO4/c1-2-23-14-6-8-15(9-7-14)25-17-10-5-13(20)12-16(17)21-19(22)18-4-3-11-24-18/h5-10,12,18H,2-4,11H2,1H3,(H,21,22). The van der Waals surface area contributed by atoms with Crippen LogP contribution in [0.3, 0.4) is 0 Å². The number of amides is 1. The zero-order valence-corrected chi connectivity index (χ0v) is 14.7. The van der Waals surface area contributed by atoms with E-state index in [2.05, 4.69) is 5.32 Å². The molecule has 1 N–H and O–H groups in total. The summed E-state index contributed by atoms with van der Waals surface area (Å²) in [6.45, 7) is 3.15. The third kappa shape index (κ3) is 4.65. The van der Waals surface area contributed by atoms with Crippen LogP contribution in [0.2, 0.25) is 5.02 Å².